The molecule has 0 aromatic carbocycles. The monoisotopic (exact) mass is 422 g/mol. The van der Waals surface area contributed by atoms with Gasteiger partial charge < -0.3 is 10.2 Å². The minimum atomic E-state index is -1.57. The van der Waals surface area contributed by atoms with Crippen molar-refractivity contribution in [1.29, 1.82) is 0 Å². The van der Waals surface area contributed by atoms with Crippen LogP contribution in [0, 0.1) is 11.8 Å². The average Bonchev–Trinajstić information content (AvgIpc) is 3.24. The minimum Gasteiger partial charge on any atom is -0.310 e. The second-order valence-corrected chi connectivity index (χ2v) is 9.01. The van der Waals surface area contributed by atoms with E-state index in [-0.39, 0.29) is 11.8 Å². The maximum absolute atomic E-state index is 12.8. The van der Waals surface area contributed by atoms with Crippen LogP contribution in [-0.2, 0) is 10.0 Å². The fourth-order valence-corrected chi connectivity index (χ4v) is 4.06. The van der Waals surface area contributed by atoms with Crippen molar-refractivity contribution in [3.05, 3.63) is 36.9 Å². The van der Waals surface area contributed by atoms with Crippen LogP contribution in [0.3, 0.4) is 0 Å². The van der Waals surface area contributed by atoms with Crippen LogP contribution in [0.15, 0.2) is 36.9 Å². The van der Waals surface area contributed by atoms with Crippen molar-refractivity contribution in [2.24, 2.45) is 11.8 Å². The molecular formula is C22H25B3N6O. The number of nitrogens with one attached hydrogen (secondary N) is 1. The van der Waals surface area contributed by atoms with Crippen LogP contribution in [-0.4, -0.2) is 73.7 Å². The maximum Gasteiger partial charge on any atom is 0.228 e. The molecule has 10 heteroatoms. The number of fused-ring (bicyclic) bond motifs is 1. The van der Waals surface area contributed by atoms with Crippen LogP contribution < -0.4 is 5.32 Å². The summed E-state index contributed by atoms with van der Waals surface area (Å²) in [7, 11) is 17.1. The first kappa shape index (κ1) is 22.6. The van der Waals surface area contributed by atoms with Gasteiger partial charge in [0, 0.05) is 41.4 Å². The normalized spacial score (nSPS) is 16.0. The predicted octanol–water partition coefficient (Wildman–Crippen LogP) is 1.87. The van der Waals surface area contributed by atoms with E-state index in [0.717, 1.165) is 54.5 Å². The largest absolute Gasteiger partial charge is 0.310 e. The van der Waals surface area contributed by atoms with E-state index in [1.807, 2.05) is 12.1 Å². The zero-order valence-electron chi connectivity index (χ0n) is 18.5. The summed E-state index contributed by atoms with van der Waals surface area (Å²) in [6, 6.07) is 3.79. The van der Waals surface area contributed by atoms with Gasteiger partial charge in [-0.15, -0.1) is 0 Å². The van der Waals surface area contributed by atoms with Gasteiger partial charge in [0.05, 0.1) is 41.4 Å². The molecule has 6 radical (unpaired) electrons. The van der Waals surface area contributed by atoms with E-state index < -0.39 is 5.24 Å². The van der Waals surface area contributed by atoms with Gasteiger partial charge in [0.2, 0.25) is 5.91 Å². The van der Waals surface area contributed by atoms with Gasteiger partial charge in [0.1, 0.15) is 5.82 Å². The molecule has 1 amide bonds. The Labute approximate surface area is 192 Å². The molecule has 0 bridgehead atoms. The van der Waals surface area contributed by atoms with E-state index in [0.29, 0.717) is 11.7 Å². The highest BCUT2D eigenvalue weighted by Gasteiger charge is 2.25. The van der Waals surface area contributed by atoms with Gasteiger partial charge in [0.15, 0.2) is 0 Å². The van der Waals surface area contributed by atoms with Gasteiger partial charge in [-0.25, -0.2) is 4.98 Å². The number of rotatable bonds is 6. The molecule has 0 unspecified atom stereocenters. The molecule has 158 valence electrons. The first-order chi connectivity index (χ1) is 15.2. The number of aromatic nitrogens is 4. The summed E-state index contributed by atoms with van der Waals surface area (Å²) >= 11 is 0. The van der Waals surface area contributed by atoms with E-state index in [9.17, 15) is 4.79 Å². The average molecular weight is 422 g/mol. The fourth-order valence-electron chi connectivity index (χ4n) is 4.06. The van der Waals surface area contributed by atoms with Crippen LogP contribution in [0.5, 0.6) is 0 Å². The second-order valence-electron chi connectivity index (χ2n) is 9.01. The summed E-state index contributed by atoms with van der Waals surface area (Å²) in [5, 5.41) is 6.37. The Balaban J connectivity index is 1.46. The number of carbonyl (C=O) groups is 1. The van der Waals surface area contributed by atoms with Gasteiger partial charge in [-0.2, -0.15) is 5.10 Å². The number of hydrogen-bond acceptors (Lipinski definition) is 5. The number of piperidine rings is 1. The Morgan fingerprint density at radius 2 is 1.88 bits per heavy atom. The predicted molar refractivity (Wildman–Crippen MR) is 129 cm³/mol. The first-order valence-corrected chi connectivity index (χ1v) is 10.9. The van der Waals surface area contributed by atoms with Gasteiger partial charge in [-0.05, 0) is 49.2 Å². The van der Waals surface area contributed by atoms with Crippen LogP contribution in [0.25, 0.3) is 22.0 Å². The zero-order valence-corrected chi connectivity index (χ0v) is 18.5. The molecule has 0 atom stereocenters. The molecule has 32 heavy (non-hydrogen) atoms. The summed E-state index contributed by atoms with van der Waals surface area (Å²) in [6.07, 6.45) is 8.41. The molecule has 4 rings (SSSR count). The molecule has 1 fully saturated rings. The molecule has 3 aromatic heterocycles. The number of pyridine rings is 2. The highest BCUT2D eigenvalue weighted by atomic mass is 16.1. The molecule has 0 saturated carbocycles. The number of hydrogen-bond donors (Lipinski definition) is 1. The summed E-state index contributed by atoms with van der Waals surface area (Å²) in [6.45, 7) is 7.43. The highest BCUT2D eigenvalue weighted by molar-refractivity contribution is 6.56. The van der Waals surface area contributed by atoms with Crippen molar-refractivity contribution in [3.63, 3.8) is 0 Å². The van der Waals surface area contributed by atoms with E-state index in [4.69, 9.17) is 23.5 Å². The van der Waals surface area contributed by atoms with Gasteiger partial charge >= 0.3 is 0 Å². The van der Waals surface area contributed by atoms with Crippen molar-refractivity contribution >= 4 is 46.2 Å². The number of likely N-dealkylation sites (tertiary alicyclic amines) is 1. The molecule has 1 N–H and O–H groups in total. The van der Waals surface area contributed by atoms with Crippen LogP contribution in [0.4, 0.5) is 5.82 Å². The smallest absolute Gasteiger partial charge is 0.228 e. The Morgan fingerprint density at radius 1 is 1.12 bits per heavy atom. The number of anilines is 1. The molecule has 7 nitrogen and oxygen atoms in total. The lowest BCUT2D eigenvalue weighted by Crippen LogP contribution is -2.39. The van der Waals surface area contributed by atoms with Crippen LogP contribution in [0.2, 0.25) is 0 Å². The minimum absolute atomic E-state index is 0.00950. The lowest BCUT2D eigenvalue weighted by molar-refractivity contribution is -0.121. The molecule has 0 spiro atoms. The highest BCUT2D eigenvalue weighted by Crippen LogP contribution is 2.25. The molecule has 1 aliphatic heterocycles. The molecule has 4 heterocycles. The van der Waals surface area contributed by atoms with Crippen molar-refractivity contribution in [2.45, 2.75) is 31.9 Å². The van der Waals surface area contributed by atoms with Crippen molar-refractivity contribution in [2.75, 3.05) is 25.0 Å². The van der Waals surface area contributed by atoms with Crippen molar-refractivity contribution < 1.29 is 4.79 Å². The summed E-state index contributed by atoms with van der Waals surface area (Å²) < 4.78 is 1.29. The molecule has 1 saturated heterocycles. The van der Waals surface area contributed by atoms with E-state index >= 15 is 0 Å². The van der Waals surface area contributed by atoms with Crippen LogP contribution in [0.1, 0.15) is 26.7 Å². The lowest BCUT2D eigenvalue weighted by atomic mass is 9.49. The third-order valence-corrected chi connectivity index (χ3v) is 5.71. The van der Waals surface area contributed by atoms with Gasteiger partial charge in [-0.3, -0.25) is 14.5 Å². The Bertz CT molecular complexity index is 1100. The fraction of sp³-hybridized carbons (Fsp3) is 0.455. The molecule has 3 aromatic rings. The van der Waals surface area contributed by atoms with E-state index in [1.165, 1.54) is 4.68 Å². The van der Waals surface area contributed by atoms with Crippen molar-refractivity contribution in [1.82, 2.24) is 24.6 Å². The number of nitrogens with zero attached hydrogens (tertiary/aromatic N) is 5. The number of amides is 1. The van der Waals surface area contributed by atoms with E-state index in [1.54, 1.807) is 24.8 Å². The van der Waals surface area contributed by atoms with Gasteiger partial charge in [0.25, 0.3) is 0 Å². The van der Waals surface area contributed by atoms with E-state index in [2.05, 4.69) is 39.1 Å². The summed E-state index contributed by atoms with van der Waals surface area (Å²) in [5.41, 5.74) is 2.33. The standard InChI is InChI=1S/C22H25B3N6O/c1-14(2)12-30-5-3-15(4-6-30)21(32)29-20-8-16-7-17(9-26-19(16)11-27-20)18-10-28-31(13-18)22(23,24)25/h7-11,13-15H,3-6,12H2,1-2H3,(H,27,29,32). The van der Waals surface area contributed by atoms with Crippen molar-refractivity contribution in [3.8, 4) is 11.1 Å². The second kappa shape index (κ2) is 9.10. The summed E-state index contributed by atoms with van der Waals surface area (Å²) in [4.78, 5) is 24.0. The molecular weight excluding hydrogens is 397 g/mol. The quantitative estimate of drug-likeness (QED) is 0.615. The zero-order chi connectivity index (χ0) is 22.9. The third kappa shape index (κ3) is 5.23. The topological polar surface area (TPSA) is 75.9 Å². The Hall–Kier alpha value is -2.61. The summed E-state index contributed by atoms with van der Waals surface area (Å²) in [5.74, 6) is 1.19. The Kier molecular flexibility index (Phi) is 6.42. The Morgan fingerprint density at radius 3 is 2.53 bits per heavy atom. The lowest BCUT2D eigenvalue weighted by Gasteiger charge is -2.32. The molecule has 0 aliphatic carbocycles. The van der Waals surface area contributed by atoms with Crippen LogP contribution >= 0.6 is 0 Å². The number of carbonyl (C=O) groups excluding carboxylic acids is 1. The SMILES string of the molecule is [B]C([B])([B])n1cc(-c2cnc3cnc(NC(=O)C4CCN(CC(C)C)CC4)cc3c2)cn1. The maximum atomic E-state index is 12.8. The molecule has 1 aliphatic rings. The third-order valence-electron chi connectivity index (χ3n) is 5.71. The first-order valence-electron chi connectivity index (χ1n) is 10.9. The van der Waals surface area contributed by atoms with Gasteiger partial charge in [-0.1, -0.05) is 13.8 Å².